The van der Waals surface area contributed by atoms with Crippen LogP contribution in [0.2, 0.25) is 0 Å². The van der Waals surface area contributed by atoms with E-state index in [-0.39, 0.29) is 0 Å². The summed E-state index contributed by atoms with van der Waals surface area (Å²) in [6.45, 7) is 0. The van der Waals surface area contributed by atoms with Crippen molar-refractivity contribution >= 4 is 0 Å². The molecule has 0 bridgehead atoms. The molecule has 18 heavy (non-hydrogen) atoms. The Hall–Kier alpha value is -1.60. The van der Waals surface area contributed by atoms with Crippen molar-refractivity contribution < 1.29 is 0 Å². The molecule has 2 aromatic carbocycles. The summed E-state index contributed by atoms with van der Waals surface area (Å²) < 4.78 is 0. The number of fused-ring (bicyclic) bond motifs is 1. The molecule has 0 amide bonds. The Morgan fingerprint density at radius 3 is 2.11 bits per heavy atom. The highest BCUT2D eigenvalue weighted by Crippen LogP contribution is 2.45. The second-order valence-corrected chi connectivity index (χ2v) is 5.31. The summed E-state index contributed by atoms with van der Waals surface area (Å²) in [4.78, 5) is 2.34. The molecular weight excluding hydrogens is 218 g/mol. The van der Waals surface area contributed by atoms with Crippen molar-refractivity contribution in [3.05, 3.63) is 71.3 Å². The molecule has 1 aliphatic carbocycles. The van der Waals surface area contributed by atoms with Crippen molar-refractivity contribution in [1.82, 2.24) is 4.90 Å². The van der Waals surface area contributed by atoms with E-state index in [0.29, 0.717) is 12.0 Å². The lowest BCUT2D eigenvalue weighted by Crippen LogP contribution is -2.17. The van der Waals surface area contributed by atoms with Gasteiger partial charge < -0.3 is 4.90 Å². The summed E-state index contributed by atoms with van der Waals surface area (Å²) in [6.07, 6.45) is 1.19. The fourth-order valence-corrected chi connectivity index (χ4v) is 3.10. The van der Waals surface area contributed by atoms with Crippen LogP contribution in [0.15, 0.2) is 54.6 Å². The van der Waals surface area contributed by atoms with Crippen LogP contribution in [-0.4, -0.2) is 19.0 Å². The predicted octanol–water partition coefficient (Wildman–Crippen LogP) is 3.82. The third-order valence-corrected chi connectivity index (χ3v) is 4.01. The van der Waals surface area contributed by atoms with Crippen molar-refractivity contribution in [2.45, 2.75) is 18.4 Å². The van der Waals surface area contributed by atoms with Gasteiger partial charge in [-0.3, -0.25) is 0 Å². The summed E-state index contributed by atoms with van der Waals surface area (Å²) in [5.41, 5.74) is 4.44. The van der Waals surface area contributed by atoms with E-state index < -0.39 is 0 Å². The normalized spacial score (nSPS) is 22.2. The fraction of sp³-hybridized carbons (Fsp3) is 0.294. The van der Waals surface area contributed by atoms with E-state index in [0.717, 1.165) is 0 Å². The van der Waals surface area contributed by atoms with E-state index in [1.54, 1.807) is 0 Å². The van der Waals surface area contributed by atoms with E-state index in [1.165, 1.54) is 23.1 Å². The minimum atomic E-state index is 0.548. The van der Waals surface area contributed by atoms with Crippen molar-refractivity contribution in [2.24, 2.45) is 0 Å². The van der Waals surface area contributed by atoms with Crippen molar-refractivity contribution in [1.29, 1.82) is 0 Å². The molecule has 92 valence electrons. The first kappa shape index (κ1) is 11.5. The Labute approximate surface area is 109 Å². The largest absolute Gasteiger partial charge is 0.302 e. The van der Waals surface area contributed by atoms with Crippen molar-refractivity contribution in [2.75, 3.05) is 14.1 Å². The van der Waals surface area contributed by atoms with E-state index in [2.05, 4.69) is 73.6 Å². The Balaban J connectivity index is 2.05. The molecule has 0 N–H and O–H groups in total. The zero-order chi connectivity index (χ0) is 12.5. The lowest BCUT2D eigenvalue weighted by Gasteiger charge is -2.20. The summed E-state index contributed by atoms with van der Waals surface area (Å²) >= 11 is 0. The first-order valence-corrected chi connectivity index (χ1v) is 6.57. The van der Waals surface area contributed by atoms with Crippen LogP contribution in [-0.2, 0) is 0 Å². The number of rotatable bonds is 2. The molecule has 1 heteroatoms. The Kier molecular flexibility index (Phi) is 2.92. The molecule has 2 aromatic rings. The van der Waals surface area contributed by atoms with Crippen LogP contribution in [0.3, 0.4) is 0 Å². The van der Waals surface area contributed by atoms with Crippen molar-refractivity contribution in [3.8, 4) is 0 Å². The predicted molar refractivity (Wildman–Crippen MR) is 75.8 cm³/mol. The molecule has 2 atom stereocenters. The third kappa shape index (κ3) is 1.85. The fourth-order valence-electron chi connectivity index (χ4n) is 3.10. The van der Waals surface area contributed by atoms with Gasteiger partial charge in [-0.1, -0.05) is 54.6 Å². The van der Waals surface area contributed by atoms with Gasteiger partial charge in [0.15, 0.2) is 0 Å². The maximum atomic E-state index is 2.34. The zero-order valence-corrected chi connectivity index (χ0v) is 11.0. The number of nitrogens with zero attached hydrogens (tertiary/aromatic N) is 1. The summed E-state index contributed by atoms with van der Waals surface area (Å²) in [7, 11) is 4.35. The van der Waals surface area contributed by atoms with Gasteiger partial charge in [-0.05, 0) is 37.2 Å². The highest BCUT2D eigenvalue weighted by molar-refractivity contribution is 5.44. The number of benzene rings is 2. The third-order valence-electron chi connectivity index (χ3n) is 4.01. The summed E-state index contributed by atoms with van der Waals surface area (Å²) in [6, 6.07) is 20.3. The SMILES string of the molecule is CN(C)[C@H]1C[C@H](c2ccccc2)c2ccccc21. The highest BCUT2D eigenvalue weighted by Gasteiger charge is 2.32. The molecular formula is C17H19N. The molecule has 1 nitrogen and oxygen atoms in total. The van der Waals surface area contributed by atoms with Crippen LogP contribution in [0, 0.1) is 0 Å². The molecule has 0 aromatic heterocycles. The smallest absolute Gasteiger partial charge is 0.0354 e. The maximum absolute atomic E-state index is 2.34. The minimum absolute atomic E-state index is 0.548. The van der Waals surface area contributed by atoms with Crippen LogP contribution in [0.4, 0.5) is 0 Å². The van der Waals surface area contributed by atoms with E-state index in [9.17, 15) is 0 Å². The van der Waals surface area contributed by atoms with Gasteiger partial charge in [0.25, 0.3) is 0 Å². The molecule has 0 heterocycles. The van der Waals surface area contributed by atoms with Crippen LogP contribution in [0.25, 0.3) is 0 Å². The first-order valence-electron chi connectivity index (χ1n) is 6.57. The Morgan fingerprint density at radius 2 is 1.44 bits per heavy atom. The molecule has 0 radical (unpaired) electrons. The van der Waals surface area contributed by atoms with Crippen LogP contribution in [0.1, 0.15) is 35.1 Å². The van der Waals surface area contributed by atoms with Crippen LogP contribution >= 0.6 is 0 Å². The van der Waals surface area contributed by atoms with Gasteiger partial charge in [-0.25, -0.2) is 0 Å². The monoisotopic (exact) mass is 237 g/mol. The average Bonchev–Trinajstić information content (AvgIpc) is 2.79. The van der Waals surface area contributed by atoms with Gasteiger partial charge in [0.1, 0.15) is 0 Å². The lowest BCUT2D eigenvalue weighted by atomic mass is 9.93. The molecule has 0 fully saturated rings. The van der Waals surface area contributed by atoms with E-state index in [4.69, 9.17) is 0 Å². The maximum Gasteiger partial charge on any atom is 0.0354 e. The van der Waals surface area contributed by atoms with Gasteiger partial charge >= 0.3 is 0 Å². The molecule has 0 spiro atoms. The zero-order valence-electron chi connectivity index (χ0n) is 11.0. The van der Waals surface area contributed by atoms with Gasteiger partial charge in [-0.15, -0.1) is 0 Å². The quantitative estimate of drug-likeness (QED) is 0.767. The molecule has 0 saturated carbocycles. The summed E-state index contributed by atoms with van der Waals surface area (Å²) in [5, 5.41) is 0. The number of hydrogen-bond acceptors (Lipinski definition) is 1. The first-order chi connectivity index (χ1) is 8.77. The molecule has 3 rings (SSSR count). The topological polar surface area (TPSA) is 3.24 Å². The highest BCUT2D eigenvalue weighted by atomic mass is 15.1. The van der Waals surface area contributed by atoms with E-state index in [1.807, 2.05) is 0 Å². The van der Waals surface area contributed by atoms with Crippen LogP contribution in [0.5, 0.6) is 0 Å². The van der Waals surface area contributed by atoms with Gasteiger partial charge in [0.05, 0.1) is 0 Å². The van der Waals surface area contributed by atoms with Crippen LogP contribution < -0.4 is 0 Å². The molecule has 0 unspecified atom stereocenters. The average molecular weight is 237 g/mol. The Morgan fingerprint density at radius 1 is 0.833 bits per heavy atom. The second-order valence-electron chi connectivity index (χ2n) is 5.31. The number of hydrogen-bond donors (Lipinski definition) is 0. The van der Waals surface area contributed by atoms with Gasteiger partial charge in [0.2, 0.25) is 0 Å². The Bertz CT molecular complexity index is 530. The molecule has 0 aliphatic heterocycles. The van der Waals surface area contributed by atoms with Gasteiger partial charge in [0, 0.05) is 12.0 Å². The second kappa shape index (κ2) is 4.58. The van der Waals surface area contributed by atoms with Gasteiger partial charge in [-0.2, -0.15) is 0 Å². The lowest BCUT2D eigenvalue weighted by molar-refractivity contribution is 0.293. The standard InChI is InChI=1S/C17H19N/c1-18(2)17-12-16(13-8-4-3-5-9-13)14-10-6-7-11-15(14)17/h3-11,16-17H,12H2,1-2H3/t16-,17+/m1/s1. The molecule has 1 aliphatic rings. The summed E-state index contributed by atoms with van der Waals surface area (Å²) in [5.74, 6) is 0.551. The van der Waals surface area contributed by atoms with Crippen molar-refractivity contribution in [3.63, 3.8) is 0 Å². The van der Waals surface area contributed by atoms with E-state index >= 15 is 0 Å². The molecule has 0 saturated heterocycles. The minimum Gasteiger partial charge on any atom is -0.302 e.